The molecule has 0 aromatic rings. The number of hydrogen-bond acceptors (Lipinski definition) is 2. The van der Waals surface area contributed by atoms with Gasteiger partial charge in [-0.3, -0.25) is 0 Å². The van der Waals surface area contributed by atoms with Gasteiger partial charge in [-0.15, -0.1) is 0 Å². The summed E-state index contributed by atoms with van der Waals surface area (Å²) in [5.74, 6) is 1.56. The van der Waals surface area contributed by atoms with Gasteiger partial charge in [0.2, 0.25) is 0 Å². The van der Waals surface area contributed by atoms with Crippen LogP contribution < -0.4 is 16.0 Å². The second-order valence-corrected chi connectivity index (χ2v) is 6.41. The zero-order chi connectivity index (χ0) is 15.8. The molecule has 6 nitrogen and oxygen atoms in total. The molecule has 1 aliphatic heterocycles. The summed E-state index contributed by atoms with van der Waals surface area (Å²) < 4.78 is 0. The third-order valence-corrected chi connectivity index (χ3v) is 4.83. The first kappa shape index (κ1) is 16.9. The Morgan fingerprint density at radius 2 is 1.73 bits per heavy atom. The van der Waals surface area contributed by atoms with Crippen LogP contribution in [0.3, 0.4) is 0 Å². The van der Waals surface area contributed by atoms with E-state index in [1.165, 1.54) is 25.7 Å². The van der Waals surface area contributed by atoms with E-state index in [1.54, 1.807) is 0 Å². The van der Waals surface area contributed by atoms with Gasteiger partial charge in [-0.05, 0) is 38.0 Å². The van der Waals surface area contributed by atoms with Gasteiger partial charge in [-0.25, -0.2) is 9.59 Å². The van der Waals surface area contributed by atoms with Gasteiger partial charge in [0.1, 0.15) is 0 Å². The topological polar surface area (TPSA) is 73.5 Å². The van der Waals surface area contributed by atoms with Crippen molar-refractivity contribution in [3.05, 3.63) is 0 Å². The first-order valence-electron chi connectivity index (χ1n) is 8.75. The van der Waals surface area contributed by atoms with E-state index in [1.807, 2.05) is 11.8 Å². The Hall–Kier alpha value is -1.46. The average Bonchev–Trinajstić information content (AvgIpc) is 2.54. The SMILES string of the molecule is CCNC(=O)NCCCNC(=O)N1CCC2CCCCC2C1. The highest BCUT2D eigenvalue weighted by Gasteiger charge is 2.32. The van der Waals surface area contributed by atoms with E-state index in [-0.39, 0.29) is 12.1 Å². The van der Waals surface area contributed by atoms with E-state index in [4.69, 9.17) is 0 Å². The number of amides is 4. The number of piperidine rings is 1. The Bertz CT molecular complexity index is 375. The van der Waals surface area contributed by atoms with Crippen molar-refractivity contribution in [3.63, 3.8) is 0 Å². The summed E-state index contributed by atoms with van der Waals surface area (Å²) in [6, 6.07) is -0.0877. The van der Waals surface area contributed by atoms with Crippen LogP contribution in [0.25, 0.3) is 0 Å². The molecule has 22 heavy (non-hydrogen) atoms. The zero-order valence-corrected chi connectivity index (χ0v) is 13.7. The smallest absolute Gasteiger partial charge is 0.317 e. The highest BCUT2D eigenvalue weighted by atomic mass is 16.2. The van der Waals surface area contributed by atoms with Crippen LogP contribution in [0.5, 0.6) is 0 Å². The van der Waals surface area contributed by atoms with Crippen LogP contribution in [0.1, 0.15) is 45.4 Å². The van der Waals surface area contributed by atoms with Crippen LogP contribution in [0.4, 0.5) is 9.59 Å². The lowest BCUT2D eigenvalue weighted by atomic mass is 9.75. The third-order valence-electron chi connectivity index (χ3n) is 4.83. The minimum Gasteiger partial charge on any atom is -0.338 e. The molecule has 1 aliphatic carbocycles. The maximum Gasteiger partial charge on any atom is 0.317 e. The van der Waals surface area contributed by atoms with E-state index in [9.17, 15) is 9.59 Å². The third kappa shape index (κ3) is 5.07. The lowest BCUT2D eigenvalue weighted by Crippen LogP contribution is -2.49. The molecule has 0 aromatic carbocycles. The van der Waals surface area contributed by atoms with Gasteiger partial charge in [0.25, 0.3) is 0 Å². The molecule has 0 aromatic heterocycles. The van der Waals surface area contributed by atoms with Crippen molar-refractivity contribution in [2.24, 2.45) is 11.8 Å². The van der Waals surface area contributed by atoms with E-state index >= 15 is 0 Å². The van der Waals surface area contributed by atoms with Crippen LogP contribution >= 0.6 is 0 Å². The van der Waals surface area contributed by atoms with Gasteiger partial charge < -0.3 is 20.9 Å². The molecule has 0 bridgehead atoms. The zero-order valence-electron chi connectivity index (χ0n) is 13.7. The van der Waals surface area contributed by atoms with Crippen molar-refractivity contribution < 1.29 is 9.59 Å². The molecule has 1 saturated carbocycles. The van der Waals surface area contributed by atoms with E-state index in [2.05, 4.69) is 16.0 Å². The number of fused-ring (bicyclic) bond motifs is 1. The maximum absolute atomic E-state index is 12.2. The fourth-order valence-electron chi connectivity index (χ4n) is 3.61. The Labute approximate surface area is 133 Å². The molecular weight excluding hydrogens is 280 g/mol. The molecular formula is C16H30N4O2. The normalized spacial score (nSPS) is 24.3. The molecule has 2 fully saturated rings. The van der Waals surface area contributed by atoms with Crippen molar-refractivity contribution in [1.29, 1.82) is 0 Å². The predicted molar refractivity (Wildman–Crippen MR) is 86.7 cm³/mol. The second-order valence-electron chi connectivity index (χ2n) is 6.41. The van der Waals surface area contributed by atoms with Crippen molar-refractivity contribution in [3.8, 4) is 0 Å². The van der Waals surface area contributed by atoms with Crippen LogP contribution in [0.2, 0.25) is 0 Å². The number of nitrogens with one attached hydrogen (secondary N) is 3. The number of rotatable bonds is 5. The fraction of sp³-hybridized carbons (Fsp3) is 0.875. The quantitative estimate of drug-likeness (QED) is 0.679. The minimum atomic E-state index is -0.145. The molecule has 0 spiro atoms. The number of urea groups is 2. The van der Waals surface area contributed by atoms with Crippen molar-refractivity contribution >= 4 is 12.1 Å². The monoisotopic (exact) mass is 310 g/mol. The summed E-state index contributed by atoms with van der Waals surface area (Å²) in [4.78, 5) is 25.4. The Morgan fingerprint density at radius 1 is 1.00 bits per heavy atom. The number of carbonyl (C=O) groups is 2. The Morgan fingerprint density at radius 3 is 2.50 bits per heavy atom. The highest BCUT2D eigenvalue weighted by molar-refractivity contribution is 5.74. The molecule has 1 heterocycles. The van der Waals surface area contributed by atoms with Gasteiger partial charge in [-0.1, -0.05) is 19.3 Å². The molecule has 4 amide bonds. The summed E-state index contributed by atoms with van der Waals surface area (Å²) in [6.45, 7) is 5.51. The van der Waals surface area contributed by atoms with Gasteiger partial charge in [0, 0.05) is 32.7 Å². The summed E-state index contributed by atoms with van der Waals surface area (Å²) >= 11 is 0. The number of likely N-dealkylation sites (tertiary alicyclic amines) is 1. The molecule has 1 saturated heterocycles. The maximum atomic E-state index is 12.2. The van der Waals surface area contributed by atoms with E-state index in [0.29, 0.717) is 25.6 Å². The van der Waals surface area contributed by atoms with Crippen LogP contribution in [0.15, 0.2) is 0 Å². The van der Waals surface area contributed by atoms with Crippen molar-refractivity contribution in [1.82, 2.24) is 20.9 Å². The molecule has 2 aliphatic rings. The standard InChI is InChI=1S/C16H30N4O2/c1-2-17-15(21)18-9-5-10-19-16(22)20-11-8-13-6-3-4-7-14(13)12-20/h13-14H,2-12H2,1H3,(H,19,22)(H2,17,18,21). The number of carbonyl (C=O) groups excluding carboxylic acids is 2. The highest BCUT2D eigenvalue weighted by Crippen LogP contribution is 2.35. The molecule has 2 rings (SSSR count). The number of hydrogen-bond donors (Lipinski definition) is 3. The van der Waals surface area contributed by atoms with Crippen molar-refractivity contribution in [2.45, 2.75) is 45.4 Å². The molecule has 2 atom stereocenters. The molecule has 2 unspecified atom stereocenters. The summed E-state index contributed by atoms with van der Waals surface area (Å²) in [5, 5.41) is 8.41. The number of nitrogens with zero attached hydrogens (tertiary/aromatic N) is 1. The Balaban J connectivity index is 1.58. The minimum absolute atomic E-state index is 0.0574. The summed E-state index contributed by atoms with van der Waals surface area (Å²) in [7, 11) is 0. The van der Waals surface area contributed by atoms with E-state index in [0.717, 1.165) is 31.8 Å². The average molecular weight is 310 g/mol. The lowest BCUT2D eigenvalue weighted by molar-refractivity contribution is 0.102. The van der Waals surface area contributed by atoms with Gasteiger partial charge in [0.05, 0.1) is 0 Å². The molecule has 0 radical (unpaired) electrons. The molecule has 6 heteroatoms. The summed E-state index contributed by atoms with van der Waals surface area (Å²) in [6.07, 6.45) is 7.24. The molecule has 3 N–H and O–H groups in total. The largest absolute Gasteiger partial charge is 0.338 e. The van der Waals surface area contributed by atoms with Crippen LogP contribution in [-0.4, -0.2) is 49.7 Å². The second kappa shape index (κ2) is 8.86. The summed E-state index contributed by atoms with van der Waals surface area (Å²) in [5.41, 5.74) is 0. The predicted octanol–water partition coefficient (Wildman–Crippen LogP) is 1.92. The lowest BCUT2D eigenvalue weighted by Gasteiger charge is -2.41. The molecule has 126 valence electrons. The van der Waals surface area contributed by atoms with Crippen molar-refractivity contribution in [2.75, 3.05) is 32.7 Å². The Kier molecular flexibility index (Phi) is 6.80. The van der Waals surface area contributed by atoms with E-state index < -0.39 is 0 Å². The van der Waals surface area contributed by atoms with Gasteiger partial charge >= 0.3 is 12.1 Å². The van der Waals surface area contributed by atoms with Gasteiger partial charge in [-0.2, -0.15) is 0 Å². The van der Waals surface area contributed by atoms with Crippen LogP contribution in [-0.2, 0) is 0 Å². The van der Waals surface area contributed by atoms with Crippen LogP contribution in [0, 0.1) is 11.8 Å². The first-order valence-corrected chi connectivity index (χ1v) is 8.75. The fourth-order valence-corrected chi connectivity index (χ4v) is 3.61. The van der Waals surface area contributed by atoms with Gasteiger partial charge in [0.15, 0.2) is 0 Å². The first-order chi connectivity index (χ1) is 10.7.